The maximum Gasteiger partial charge on any atom is 0.306 e. The van der Waals surface area contributed by atoms with Crippen molar-refractivity contribution in [2.75, 3.05) is 26.4 Å². The number of hydrogen-bond acceptors (Lipinski definition) is 15. The predicted octanol–water partition coefficient (Wildman–Crippen LogP) is 6.26. The lowest BCUT2D eigenvalue weighted by Gasteiger charge is -2.42. The summed E-state index contributed by atoms with van der Waals surface area (Å²) in [7, 11) is 0. The fourth-order valence-corrected chi connectivity index (χ4v) is 7.20. The van der Waals surface area contributed by atoms with Crippen LogP contribution in [-0.4, -0.2) is 142 Å². The Morgan fingerprint density at radius 3 is 1.62 bits per heavy atom. The zero-order chi connectivity index (χ0) is 48.2. The summed E-state index contributed by atoms with van der Waals surface area (Å²) in [6, 6.07) is 0. The van der Waals surface area contributed by atoms with E-state index in [-0.39, 0.29) is 19.4 Å². The standard InChI is InChI=1S/C51H84O15/c1-3-5-7-9-11-13-15-17-19-21-23-25-27-29-31-33-42(53)61-36-39(64-43(54)34-32-30-28-26-24-22-20-18-16-14-12-10-8-6-4-2)37-62-50-49(60)47(58)45(56)41(66-50)38-63-51-48(59)46(57)44(55)40(35-52)65-51/h5,7,9,11-15,17-20,39-41,44-52,55-60H,3-4,6,8,10,16,21-38H2,1-2H3/b7-5+,11-9+,14-12+,15-13+,19-17+,20-18+/t39-,40-,41-,44+,45+,46?,47?,48?,49?,50-,51-/m1/s1. The highest BCUT2D eigenvalue weighted by molar-refractivity contribution is 5.70. The van der Waals surface area contributed by atoms with Crippen molar-refractivity contribution in [3.8, 4) is 0 Å². The molecule has 378 valence electrons. The Morgan fingerprint density at radius 2 is 1.02 bits per heavy atom. The fourth-order valence-electron chi connectivity index (χ4n) is 7.20. The van der Waals surface area contributed by atoms with E-state index in [0.717, 1.165) is 83.5 Å². The highest BCUT2D eigenvalue weighted by atomic mass is 16.7. The molecule has 0 aromatic carbocycles. The molecule has 4 unspecified atom stereocenters. The Bertz CT molecular complexity index is 1430. The molecule has 2 heterocycles. The van der Waals surface area contributed by atoms with Crippen LogP contribution < -0.4 is 0 Å². The van der Waals surface area contributed by atoms with Crippen LogP contribution in [0, 0.1) is 0 Å². The summed E-state index contributed by atoms with van der Waals surface area (Å²) in [6.07, 6.45) is 26.4. The van der Waals surface area contributed by atoms with Crippen molar-refractivity contribution < 1.29 is 73.8 Å². The van der Waals surface area contributed by atoms with Crippen molar-refractivity contribution >= 4 is 11.9 Å². The number of carbonyl (C=O) groups excluding carboxylic acids is 2. The van der Waals surface area contributed by atoms with E-state index in [2.05, 4.69) is 50.3 Å². The summed E-state index contributed by atoms with van der Waals surface area (Å²) in [4.78, 5) is 25.7. The minimum absolute atomic E-state index is 0.139. The van der Waals surface area contributed by atoms with E-state index in [1.807, 2.05) is 36.5 Å². The van der Waals surface area contributed by atoms with Crippen LogP contribution in [-0.2, 0) is 38.0 Å². The molecule has 0 aliphatic carbocycles. The molecule has 2 rings (SSSR count). The molecule has 0 aromatic rings. The number of aliphatic hydroxyl groups is 7. The van der Waals surface area contributed by atoms with E-state index < -0.39 is 99.3 Å². The molecule has 0 saturated carbocycles. The number of allylic oxidation sites excluding steroid dienone is 12. The highest BCUT2D eigenvalue weighted by Crippen LogP contribution is 2.26. The van der Waals surface area contributed by atoms with E-state index in [0.29, 0.717) is 12.8 Å². The largest absolute Gasteiger partial charge is 0.462 e. The monoisotopic (exact) mass is 937 g/mol. The Morgan fingerprint density at radius 1 is 0.515 bits per heavy atom. The van der Waals surface area contributed by atoms with Crippen molar-refractivity contribution in [3.05, 3.63) is 72.9 Å². The van der Waals surface area contributed by atoms with Crippen LogP contribution in [0.25, 0.3) is 0 Å². The van der Waals surface area contributed by atoms with Crippen LogP contribution in [0.3, 0.4) is 0 Å². The third-order valence-electron chi connectivity index (χ3n) is 11.3. The minimum Gasteiger partial charge on any atom is -0.462 e. The molecular weight excluding hydrogens is 853 g/mol. The molecule has 0 amide bonds. The Hall–Kier alpha value is -3.06. The van der Waals surface area contributed by atoms with E-state index in [1.165, 1.54) is 19.3 Å². The second-order valence-corrected chi connectivity index (χ2v) is 17.0. The van der Waals surface area contributed by atoms with Crippen molar-refractivity contribution in [2.45, 2.75) is 210 Å². The molecule has 15 heteroatoms. The summed E-state index contributed by atoms with van der Waals surface area (Å²) in [6.45, 7) is 2.36. The summed E-state index contributed by atoms with van der Waals surface area (Å²) in [5.74, 6) is -0.976. The van der Waals surface area contributed by atoms with Crippen molar-refractivity contribution in [2.24, 2.45) is 0 Å². The summed E-state index contributed by atoms with van der Waals surface area (Å²) in [5.41, 5.74) is 0. The lowest BCUT2D eigenvalue weighted by Crippen LogP contribution is -2.61. The van der Waals surface area contributed by atoms with Gasteiger partial charge >= 0.3 is 11.9 Å². The zero-order valence-corrected chi connectivity index (χ0v) is 39.6. The molecule has 2 saturated heterocycles. The number of hydrogen-bond donors (Lipinski definition) is 7. The van der Waals surface area contributed by atoms with Crippen molar-refractivity contribution in [1.82, 2.24) is 0 Å². The SMILES string of the molecule is CC/C=C/C=C/C=C/C=C/CCCCCCCC(=O)OC[C@H](CO[C@@H]1O[C@H](CO[C@@H]2O[C@H](CO)[C@H](O)C(O)C2O)[C@H](O)C(O)C1O)OC(=O)CCCCCCC/C=C/C/C=C/CCCCC. The Labute approximate surface area is 393 Å². The second-order valence-electron chi connectivity index (χ2n) is 17.0. The lowest BCUT2D eigenvalue weighted by atomic mass is 9.98. The summed E-state index contributed by atoms with van der Waals surface area (Å²) >= 11 is 0. The first-order valence-corrected chi connectivity index (χ1v) is 24.6. The third kappa shape index (κ3) is 25.9. The fraction of sp³-hybridized carbons (Fsp3) is 0.725. The molecule has 0 spiro atoms. The van der Waals surface area contributed by atoms with Gasteiger partial charge in [-0.05, 0) is 64.2 Å². The molecular formula is C51H84O15. The molecule has 15 nitrogen and oxygen atoms in total. The zero-order valence-electron chi connectivity index (χ0n) is 39.6. The molecule has 2 fully saturated rings. The van der Waals surface area contributed by atoms with Gasteiger partial charge in [0, 0.05) is 12.8 Å². The second kappa shape index (κ2) is 37.9. The van der Waals surface area contributed by atoms with Crippen LogP contribution in [0.4, 0.5) is 0 Å². The molecule has 2 aliphatic rings. The van der Waals surface area contributed by atoms with Crippen LogP contribution in [0.1, 0.15) is 142 Å². The van der Waals surface area contributed by atoms with Crippen LogP contribution >= 0.6 is 0 Å². The van der Waals surface area contributed by atoms with E-state index >= 15 is 0 Å². The summed E-state index contributed by atoms with van der Waals surface area (Å²) in [5, 5.41) is 72.0. The van der Waals surface area contributed by atoms with Gasteiger partial charge in [0.1, 0.15) is 55.4 Å². The topological polar surface area (TPSA) is 231 Å². The quantitative estimate of drug-likeness (QED) is 0.0159. The third-order valence-corrected chi connectivity index (χ3v) is 11.3. The van der Waals surface area contributed by atoms with Gasteiger partial charge in [0.15, 0.2) is 18.7 Å². The number of ether oxygens (including phenoxy) is 6. The van der Waals surface area contributed by atoms with Gasteiger partial charge in [-0.2, -0.15) is 0 Å². The molecule has 11 atom stereocenters. The molecule has 7 N–H and O–H groups in total. The maximum absolute atomic E-state index is 13.0. The van der Waals surface area contributed by atoms with Crippen LogP contribution in [0.5, 0.6) is 0 Å². The number of esters is 2. The molecule has 0 radical (unpaired) electrons. The molecule has 66 heavy (non-hydrogen) atoms. The van der Waals surface area contributed by atoms with Gasteiger partial charge in [0.05, 0.1) is 19.8 Å². The van der Waals surface area contributed by atoms with Gasteiger partial charge in [0.2, 0.25) is 0 Å². The molecule has 0 aromatic heterocycles. The van der Waals surface area contributed by atoms with Gasteiger partial charge < -0.3 is 64.2 Å². The number of unbranched alkanes of at least 4 members (excludes halogenated alkanes) is 13. The van der Waals surface area contributed by atoms with Gasteiger partial charge in [-0.3, -0.25) is 9.59 Å². The Balaban J connectivity index is 1.85. The van der Waals surface area contributed by atoms with Gasteiger partial charge in [-0.1, -0.05) is 138 Å². The van der Waals surface area contributed by atoms with Gasteiger partial charge in [-0.15, -0.1) is 0 Å². The van der Waals surface area contributed by atoms with E-state index in [1.54, 1.807) is 0 Å². The normalized spacial score (nSPS) is 26.8. The van der Waals surface area contributed by atoms with Crippen molar-refractivity contribution in [3.63, 3.8) is 0 Å². The highest BCUT2D eigenvalue weighted by Gasteiger charge is 2.47. The predicted molar refractivity (Wildman–Crippen MR) is 252 cm³/mol. The van der Waals surface area contributed by atoms with Crippen LogP contribution in [0.15, 0.2) is 72.9 Å². The van der Waals surface area contributed by atoms with Gasteiger partial charge in [0.25, 0.3) is 0 Å². The molecule has 0 bridgehead atoms. The smallest absolute Gasteiger partial charge is 0.306 e. The average molecular weight is 937 g/mol. The first-order valence-electron chi connectivity index (χ1n) is 24.6. The average Bonchev–Trinajstić information content (AvgIpc) is 3.31. The Kier molecular flexibility index (Phi) is 33.9. The van der Waals surface area contributed by atoms with E-state index in [4.69, 9.17) is 28.4 Å². The lowest BCUT2D eigenvalue weighted by molar-refractivity contribution is -0.332. The summed E-state index contributed by atoms with van der Waals surface area (Å²) < 4.78 is 33.5. The maximum atomic E-state index is 13.0. The van der Waals surface area contributed by atoms with Crippen molar-refractivity contribution in [1.29, 1.82) is 0 Å². The number of aliphatic hydroxyl groups excluding tert-OH is 7. The first-order chi connectivity index (χ1) is 32.0. The van der Waals surface area contributed by atoms with Crippen LogP contribution in [0.2, 0.25) is 0 Å². The first kappa shape index (κ1) is 59.1. The van der Waals surface area contributed by atoms with E-state index in [9.17, 15) is 45.3 Å². The molecule has 2 aliphatic heterocycles. The number of carbonyl (C=O) groups is 2. The van der Waals surface area contributed by atoms with Gasteiger partial charge in [-0.25, -0.2) is 0 Å². The number of rotatable bonds is 36. The minimum atomic E-state index is -1.77.